The summed E-state index contributed by atoms with van der Waals surface area (Å²) in [5.41, 5.74) is 7.75. The van der Waals surface area contributed by atoms with Crippen LogP contribution >= 0.6 is 8.60 Å². The van der Waals surface area contributed by atoms with Gasteiger partial charge in [-0.2, -0.15) is 0 Å². The Morgan fingerprint density at radius 2 is 0.836 bits per heavy atom. The molecule has 0 radical (unpaired) electrons. The zero-order chi connectivity index (χ0) is 40.7. The van der Waals surface area contributed by atoms with Crippen LogP contribution in [0.2, 0.25) is 0 Å². The standard InChI is InChI=1S/C51H89O3P/c1-13-15-17-19-21-23-25-27-29-31-33-37-52-55(53-38-34-32-30-28-26-24-22-20-18-16-14-2)54-48-39-43(4)46(41-47(48)50(8,9)10)51(11,12)45-40-44(49(5,6)7)36-35-42(45)3/h35-36,39-41H,13-34,37-38H2,1-12H3. The van der Waals surface area contributed by atoms with Gasteiger partial charge in [-0.25, -0.2) is 0 Å². The van der Waals surface area contributed by atoms with E-state index in [4.69, 9.17) is 13.6 Å². The molecule has 0 heterocycles. The highest BCUT2D eigenvalue weighted by molar-refractivity contribution is 7.42. The maximum Gasteiger partial charge on any atom is 0.397 e. The van der Waals surface area contributed by atoms with Gasteiger partial charge in [0.25, 0.3) is 0 Å². The van der Waals surface area contributed by atoms with Gasteiger partial charge in [-0.1, -0.05) is 222 Å². The predicted octanol–water partition coefficient (Wildman–Crippen LogP) is 17.5. The first-order valence-corrected chi connectivity index (χ1v) is 24.2. The summed E-state index contributed by atoms with van der Waals surface area (Å²) >= 11 is 0. The molecule has 2 aromatic carbocycles. The predicted molar refractivity (Wildman–Crippen MR) is 244 cm³/mol. The molecule has 0 saturated heterocycles. The van der Waals surface area contributed by atoms with Gasteiger partial charge in [0.15, 0.2) is 0 Å². The summed E-state index contributed by atoms with van der Waals surface area (Å²) in [7, 11) is -1.49. The first kappa shape index (κ1) is 49.7. The van der Waals surface area contributed by atoms with Crippen LogP contribution in [0.3, 0.4) is 0 Å². The van der Waals surface area contributed by atoms with E-state index in [1.54, 1.807) is 0 Å². The summed E-state index contributed by atoms with van der Waals surface area (Å²) in [5.74, 6) is 0.911. The van der Waals surface area contributed by atoms with Crippen molar-refractivity contribution in [1.29, 1.82) is 0 Å². The van der Waals surface area contributed by atoms with Crippen LogP contribution in [0, 0.1) is 13.8 Å². The molecule has 0 aliphatic rings. The maximum atomic E-state index is 6.83. The van der Waals surface area contributed by atoms with Gasteiger partial charge in [-0.05, 0) is 71.4 Å². The zero-order valence-corrected chi connectivity index (χ0v) is 39.4. The zero-order valence-electron chi connectivity index (χ0n) is 38.5. The fourth-order valence-corrected chi connectivity index (χ4v) is 8.95. The maximum absolute atomic E-state index is 6.83. The lowest BCUT2D eigenvalue weighted by molar-refractivity contribution is 0.197. The van der Waals surface area contributed by atoms with E-state index in [0.717, 1.165) is 18.6 Å². The summed E-state index contributed by atoms with van der Waals surface area (Å²) in [6.07, 6.45) is 29.2. The van der Waals surface area contributed by atoms with Crippen molar-refractivity contribution in [2.24, 2.45) is 0 Å². The average Bonchev–Trinajstić information content (AvgIpc) is 3.11. The van der Waals surface area contributed by atoms with Gasteiger partial charge in [-0.15, -0.1) is 0 Å². The summed E-state index contributed by atoms with van der Waals surface area (Å²) in [6, 6.07) is 11.7. The van der Waals surface area contributed by atoms with E-state index in [0.29, 0.717) is 13.2 Å². The van der Waals surface area contributed by atoms with Crippen LogP contribution in [0.5, 0.6) is 5.75 Å². The molecule has 0 N–H and O–H groups in total. The Hall–Kier alpha value is -1.41. The molecule has 2 aromatic rings. The molecule has 0 fully saturated rings. The van der Waals surface area contributed by atoms with E-state index in [2.05, 4.69) is 113 Å². The minimum Gasteiger partial charge on any atom is -0.426 e. The van der Waals surface area contributed by atoms with E-state index in [1.807, 2.05) is 0 Å². The van der Waals surface area contributed by atoms with Crippen molar-refractivity contribution in [3.8, 4) is 5.75 Å². The molecule has 0 aromatic heterocycles. The third-order valence-corrected chi connectivity index (χ3v) is 12.8. The number of benzene rings is 2. The van der Waals surface area contributed by atoms with Gasteiger partial charge >= 0.3 is 8.60 Å². The minimum absolute atomic E-state index is 0.0973. The van der Waals surface area contributed by atoms with Crippen LogP contribution in [0.25, 0.3) is 0 Å². The SMILES string of the molecule is CCCCCCCCCCCCCOP(OCCCCCCCCCCCCC)Oc1cc(C)c(C(C)(C)c2cc(C(C)(C)C)ccc2C)cc1C(C)(C)C. The Morgan fingerprint density at radius 1 is 0.436 bits per heavy atom. The molecule has 55 heavy (non-hydrogen) atoms. The first-order valence-electron chi connectivity index (χ1n) is 23.1. The van der Waals surface area contributed by atoms with Crippen LogP contribution in [-0.4, -0.2) is 13.2 Å². The van der Waals surface area contributed by atoms with Crippen molar-refractivity contribution >= 4 is 8.60 Å². The Bertz CT molecular complexity index is 1270. The molecular weight excluding hydrogens is 692 g/mol. The second-order valence-corrected chi connectivity index (χ2v) is 20.5. The molecule has 0 saturated carbocycles. The summed E-state index contributed by atoms with van der Waals surface area (Å²) in [6.45, 7) is 29.1. The van der Waals surface area contributed by atoms with E-state index in [1.165, 1.54) is 162 Å². The Labute approximate surface area is 344 Å². The van der Waals surface area contributed by atoms with E-state index < -0.39 is 8.60 Å². The topological polar surface area (TPSA) is 27.7 Å². The number of aryl methyl sites for hydroxylation is 2. The Balaban J connectivity index is 2.12. The normalized spacial score (nSPS) is 12.6. The number of hydrogen-bond acceptors (Lipinski definition) is 3. The molecule has 0 unspecified atom stereocenters. The van der Waals surface area contributed by atoms with Crippen molar-refractivity contribution < 1.29 is 13.6 Å². The van der Waals surface area contributed by atoms with Gasteiger partial charge in [0.2, 0.25) is 0 Å². The van der Waals surface area contributed by atoms with E-state index >= 15 is 0 Å². The molecular formula is C51H89O3P. The summed E-state index contributed by atoms with van der Waals surface area (Å²) in [5, 5.41) is 0. The Kier molecular flexibility index (Phi) is 24.0. The quantitative estimate of drug-likeness (QED) is 0.0584. The molecule has 4 heteroatoms. The highest BCUT2D eigenvalue weighted by Gasteiger charge is 2.32. The van der Waals surface area contributed by atoms with Gasteiger partial charge in [0, 0.05) is 11.0 Å². The summed E-state index contributed by atoms with van der Waals surface area (Å²) in [4.78, 5) is 0. The monoisotopic (exact) mass is 781 g/mol. The molecule has 3 nitrogen and oxygen atoms in total. The van der Waals surface area contributed by atoms with Gasteiger partial charge in [0.05, 0.1) is 13.2 Å². The first-order chi connectivity index (χ1) is 26.1. The number of hydrogen-bond donors (Lipinski definition) is 0. The number of unbranched alkanes of at least 4 members (excludes halogenated alkanes) is 20. The van der Waals surface area contributed by atoms with Crippen molar-refractivity contribution in [1.82, 2.24) is 0 Å². The van der Waals surface area contributed by atoms with Crippen LogP contribution < -0.4 is 4.52 Å². The molecule has 0 spiro atoms. The number of rotatable bonds is 30. The van der Waals surface area contributed by atoms with Crippen LogP contribution in [-0.2, 0) is 25.3 Å². The van der Waals surface area contributed by atoms with Crippen LogP contribution in [0.15, 0.2) is 30.3 Å². The Morgan fingerprint density at radius 3 is 1.24 bits per heavy atom. The molecule has 0 aliphatic carbocycles. The largest absolute Gasteiger partial charge is 0.426 e. The highest BCUT2D eigenvalue weighted by Crippen LogP contribution is 2.47. The second-order valence-electron chi connectivity index (χ2n) is 19.4. The third kappa shape index (κ3) is 19.3. The van der Waals surface area contributed by atoms with Crippen molar-refractivity contribution in [3.63, 3.8) is 0 Å². The molecule has 0 atom stereocenters. The molecule has 2 rings (SSSR count). The molecule has 316 valence electrons. The molecule has 0 bridgehead atoms. The minimum atomic E-state index is -1.49. The van der Waals surface area contributed by atoms with Crippen molar-refractivity contribution in [3.05, 3.63) is 63.7 Å². The highest BCUT2D eigenvalue weighted by atomic mass is 31.2. The second kappa shape index (κ2) is 26.6. The lowest BCUT2D eigenvalue weighted by Crippen LogP contribution is -2.25. The summed E-state index contributed by atoms with van der Waals surface area (Å²) < 4.78 is 19.8. The van der Waals surface area contributed by atoms with E-state index in [9.17, 15) is 0 Å². The lowest BCUT2D eigenvalue weighted by atomic mass is 9.71. The fourth-order valence-electron chi connectivity index (χ4n) is 7.90. The van der Waals surface area contributed by atoms with Gasteiger partial charge in [-0.3, -0.25) is 0 Å². The van der Waals surface area contributed by atoms with Gasteiger partial charge < -0.3 is 13.6 Å². The third-order valence-electron chi connectivity index (χ3n) is 11.6. The fraction of sp³-hybridized carbons (Fsp3) is 0.765. The molecule has 0 aliphatic heterocycles. The smallest absolute Gasteiger partial charge is 0.397 e. The molecule has 0 amide bonds. The average molecular weight is 781 g/mol. The van der Waals surface area contributed by atoms with Crippen LogP contribution in [0.4, 0.5) is 0 Å². The van der Waals surface area contributed by atoms with Crippen molar-refractivity contribution in [2.75, 3.05) is 13.2 Å². The van der Waals surface area contributed by atoms with Crippen molar-refractivity contribution in [2.45, 2.75) is 241 Å². The van der Waals surface area contributed by atoms with Crippen LogP contribution in [0.1, 0.15) is 244 Å². The lowest BCUT2D eigenvalue weighted by Gasteiger charge is -2.34. The van der Waals surface area contributed by atoms with E-state index in [-0.39, 0.29) is 16.2 Å². The van der Waals surface area contributed by atoms with Gasteiger partial charge in [0.1, 0.15) is 5.75 Å².